The molecule has 0 saturated carbocycles. The summed E-state index contributed by atoms with van der Waals surface area (Å²) in [6.07, 6.45) is 4.79. The monoisotopic (exact) mass is 369 g/mol. The maximum atomic E-state index is 5.41. The van der Waals surface area contributed by atoms with Gasteiger partial charge in [-0.15, -0.1) is 0 Å². The highest BCUT2D eigenvalue weighted by atomic mass is 16.5. The fraction of sp³-hybridized carbons (Fsp3) is 0.526. The molecule has 0 bridgehead atoms. The maximum absolute atomic E-state index is 5.41. The highest BCUT2D eigenvalue weighted by Gasteiger charge is 2.15. The van der Waals surface area contributed by atoms with E-state index in [2.05, 4.69) is 22.1 Å². The van der Waals surface area contributed by atoms with E-state index < -0.39 is 0 Å². The first-order valence-corrected chi connectivity index (χ1v) is 9.52. The number of anilines is 1. The Balaban J connectivity index is 1.53. The van der Waals surface area contributed by atoms with Crippen molar-refractivity contribution in [3.63, 3.8) is 0 Å². The Kier molecular flexibility index (Phi) is 5.09. The molecule has 0 unspecified atom stereocenters. The van der Waals surface area contributed by atoms with Gasteiger partial charge in [0.1, 0.15) is 11.5 Å². The van der Waals surface area contributed by atoms with E-state index in [0.29, 0.717) is 0 Å². The summed E-state index contributed by atoms with van der Waals surface area (Å²) in [5.74, 6) is 1.86. The summed E-state index contributed by atoms with van der Waals surface area (Å²) < 4.78 is 9.28. The molecular formula is C19H27N7O. The van der Waals surface area contributed by atoms with Crippen LogP contribution < -0.4 is 5.32 Å². The standard InChI is InChI=1S/C19H27N7O/c1-14-15(2)22-17-13-16(19-21-6-8-24(19)3)23-26(17)18(14)20-5-4-7-25-9-11-27-12-10-25/h6,8,13,20H,4-5,7,9-12H2,1-3H3. The minimum atomic E-state index is 0.830. The number of nitrogens with one attached hydrogen (secondary N) is 1. The molecule has 8 heteroatoms. The molecule has 1 saturated heterocycles. The highest BCUT2D eigenvalue weighted by molar-refractivity contribution is 5.62. The number of imidazole rings is 1. The molecule has 144 valence electrons. The van der Waals surface area contributed by atoms with Gasteiger partial charge in [0.05, 0.1) is 13.2 Å². The van der Waals surface area contributed by atoms with Crippen molar-refractivity contribution in [1.29, 1.82) is 0 Å². The third kappa shape index (κ3) is 3.68. The quantitative estimate of drug-likeness (QED) is 0.669. The van der Waals surface area contributed by atoms with Crippen LogP contribution >= 0.6 is 0 Å². The van der Waals surface area contributed by atoms with Gasteiger partial charge in [-0.2, -0.15) is 9.61 Å². The van der Waals surface area contributed by atoms with Crippen LogP contribution in [-0.4, -0.2) is 68.4 Å². The van der Waals surface area contributed by atoms with Crippen molar-refractivity contribution in [3.8, 4) is 11.5 Å². The van der Waals surface area contributed by atoms with E-state index in [1.807, 2.05) is 35.3 Å². The Hall–Kier alpha value is -2.45. The summed E-state index contributed by atoms with van der Waals surface area (Å²) in [5.41, 5.74) is 3.82. The first-order valence-electron chi connectivity index (χ1n) is 9.52. The number of fused-ring (bicyclic) bond motifs is 1. The smallest absolute Gasteiger partial charge is 0.160 e. The molecule has 0 radical (unpaired) electrons. The van der Waals surface area contributed by atoms with Crippen LogP contribution in [0.25, 0.3) is 17.2 Å². The summed E-state index contributed by atoms with van der Waals surface area (Å²) >= 11 is 0. The SMILES string of the molecule is Cc1nc2cc(-c3nccn3C)nn2c(NCCCN2CCOCC2)c1C. The third-order valence-electron chi connectivity index (χ3n) is 5.18. The van der Waals surface area contributed by atoms with Gasteiger partial charge in [0.15, 0.2) is 11.5 Å². The van der Waals surface area contributed by atoms with Crippen molar-refractivity contribution in [2.24, 2.45) is 7.05 Å². The van der Waals surface area contributed by atoms with Crippen LogP contribution in [0, 0.1) is 13.8 Å². The zero-order valence-electron chi connectivity index (χ0n) is 16.3. The van der Waals surface area contributed by atoms with Gasteiger partial charge in [-0.1, -0.05) is 0 Å². The average molecular weight is 369 g/mol. The minimum absolute atomic E-state index is 0.830. The summed E-state index contributed by atoms with van der Waals surface area (Å²) in [4.78, 5) is 11.6. The number of aromatic nitrogens is 5. The topological polar surface area (TPSA) is 72.5 Å². The summed E-state index contributed by atoms with van der Waals surface area (Å²) in [5, 5.41) is 8.35. The fourth-order valence-electron chi connectivity index (χ4n) is 3.46. The number of rotatable bonds is 6. The van der Waals surface area contributed by atoms with Crippen molar-refractivity contribution in [2.45, 2.75) is 20.3 Å². The largest absolute Gasteiger partial charge is 0.379 e. The Labute approximate surface area is 159 Å². The molecular weight excluding hydrogens is 342 g/mol. The van der Waals surface area contributed by atoms with Gasteiger partial charge < -0.3 is 14.6 Å². The van der Waals surface area contributed by atoms with Crippen molar-refractivity contribution in [1.82, 2.24) is 29.0 Å². The van der Waals surface area contributed by atoms with Crippen molar-refractivity contribution in [2.75, 3.05) is 44.7 Å². The van der Waals surface area contributed by atoms with E-state index in [1.165, 1.54) is 0 Å². The van der Waals surface area contributed by atoms with E-state index in [9.17, 15) is 0 Å². The van der Waals surface area contributed by atoms with Crippen LogP contribution in [0.4, 0.5) is 5.82 Å². The van der Waals surface area contributed by atoms with Crippen LogP contribution in [0.5, 0.6) is 0 Å². The third-order valence-corrected chi connectivity index (χ3v) is 5.18. The van der Waals surface area contributed by atoms with Gasteiger partial charge in [-0.3, -0.25) is 4.90 Å². The Bertz CT molecular complexity index is 924. The van der Waals surface area contributed by atoms with Gasteiger partial charge in [0.2, 0.25) is 0 Å². The molecule has 4 heterocycles. The number of aryl methyl sites for hydroxylation is 2. The molecule has 0 atom stereocenters. The summed E-state index contributed by atoms with van der Waals surface area (Å²) in [6, 6.07) is 1.99. The molecule has 1 fully saturated rings. The molecule has 0 spiro atoms. The van der Waals surface area contributed by atoms with Crippen LogP contribution in [0.3, 0.4) is 0 Å². The fourth-order valence-corrected chi connectivity index (χ4v) is 3.46. The lowest BCUT2D eigenvalue weighted by atomic mass is 10.2. The number of ether oxygens (including phenoxy) is 1. The molecule has 3 aromatic rings. The maximum Gasteiger partial charge on any atom is 0.160 e. The molecule has 4 rings (SSSR count). The van der Waals surface area contributed by atoms with Crippen LogP contribution in [0.1, 0.15) is 17.7 Å². The van der Waals surface area contributed by atoms with Gasteiger partial charge in [-0.25, -0.2) is 9.97 Å². The molecule has 0 amide bonds. The van der Waals surface area contributed by atoms with E-state index in [1.54, 1.807) is 6.20 Å². The van der Waals surface area contributed by atoms with E-state index in [4.69, 9.17) is 14.8 Å². The highest BCUT2D eigenvalue weighted by Crippen LogP contribution is 2.23. The number of hydrogen-bond donors (Lipinski definition) is 1. The second-order valence-corrected chi connectivity index (χ2v) is 7.07. The molecule has 3 aromatic heterocycles. The Morgan fingerprint density at radius 1 is 1.22 bits per heavy atom. The molecule has 0 aromatic carbocycles. The lowest BCUT2D eigenvalue weighted by molar-refractivity contribution is 0.0378. The summed E-state index contributed by atoms with van der Waals surface area (Å²) in [7, 11) is 1.97. The normalized spacial score (nSPS) is 15.5. The van der Waals surface area contributed by atoms with Gasteiger partial charge in [-0.05, 0) is 26.8 Å². The minimum Gasteiger partial charge on any atom is -0.379 e. The molecule has 1 aliphatic heterocycles. The summed E-state index contributed by atoms with van der Waals surface area (Å²) in [6.45, 7) is 9.87. The zero-order valence-corrected chi connectivity index (χ0v) is 16.3. The molecule has 1 N–H and O–H groups in total. The Morgan fingerprint density at radius 2 is 2.04 bits per heavy atom. The lowest BCUT2D eigenvalue weighted by Gasteiger charge is -2.26. The Morgan fingerprint density at radius 3 is 2.78 bits per heavy atom. The average Bonchev–Trinajstić information content (AvgIpc) is 3.28. The number of hydrogen-bond acceptors (Lipinski definition) is 6. The van der Waals surface area contributed by atoms with Crippen LogP contribution in [0.15, 0.2) is 18.5 Å². The van der Waals surface area contributed by atoms with E-state index in [0.717, 1.165) is 80.1 Å². The number of nitrogens with zero attached hydrogens (tertiary/aromatic N) is 6. The van der Waals surface area contributed by atoms with Crippen LogP contribution in [0.2, 0.25) is 0 Å². The zero-order chi connectivity index (χ0) is 18.8. The second-order valence-electron chi connectivity index (χ2n) is 7.07. The first-order chi connectivity index (χ1) is 13.1. The van der Waals surface area contributed by atoms with Crippen molar-refractivity contribution < 1.29 is 4.74 Å². The predicted octanol–water partition coefficient (Wildman–Crippen LogP) is 1.88. The first kappa shape index (κ1) is 17.9. The van der Waals surface area contributed by atoms with Crippen molar-refractivity contribution >= 4 is 11.5 Å². The van der Waals surface area contributed by atoms with Crippen LogP contribution in [-0.2, 0) is 11.8 Å². The molecule has 27 heavy (non-hydrogen) atoms. The second kappa shape index (κ2) is 7.66. The molecule has 8 nitrogen and oxygen atoms in total. The van der Waals surface area contributed by atoms with Gasteiger partial charge in [0, 0.05) is 56.4 Å². The van der Waals surface area contributed by atoms with E-state index >= 15 is 0 Å². The van der Waals surface area contributed by atoms with Gasteiger partial charge in [0.25, 0.3) is 0 Å². The van der Waals surface area contributed by atoms with Gasteiger partial charge >= 0.3 is 0 Å². The lowest BCUT2D eigenvalue weighted by Crippen LogP contribution is -2.37. The molecule has 1 aliphatic rings. The van der Waals surface area contributed by atoms with E-state index in [-0.39, 0.29) is 0 Å². The number of morpholine rings is 1. The molecule has 0 aliphatic carbocycles. The predicted molar refractivity (Wildman–Crippen MR) is 105 cm³/mol. The van der Waals surface area contributed by atoms with Crippen molar-refractivity contribution in [3.05, 3.63) is 29.7 Å².